The first kappa shape index (κ1) is 13.8. The van der Waals surface area contributed by atoms with Crippen LogP contribution in [0.25, 0.3) is 0 Å². The molecule has 100 valence electrons. The summed E-state index contributed by atoms with van der Waals surface area (Å²) < 4.78 is 2.77. The summed E-state index contributed by atoms with van der Waals surface area (Å²) in [6, 6.07) is 5.21. The van der Waals surface area contributed by atoms with Gasteiger partial charge in [-0.25, -0.2) is 4.98 Å². The van der Waals surface area contributed by atoms with Crippen LogP contribution in [0.5, 0.6) is 0 Å². The highest BCUT2D eigenvalue weighted by Gasteiger charge is 2.15. The fourth-order valence-corrected chi connectivity index (χ4v) is 2.27. The van der Waals surface area contributed by atoms with E-state index in [9.17, 15) is 10.1 Å². The van der Waals surface area contributed by atoms with Gasteiger partial charge < -0.3 is 9.88 Å². The molecule has 1 aromatic heterocycles. The number of nitrogens with one attached hydrogen (secondary N) is 1. The minimum absolute atomic E-state index is 0.0629. The molecule has 0 spiro atoms. The Morgan fingerprint density at radius 3 is 3.00 bits per heavy atom. The molecular formula is C12H13IN4O2. The normalized spacial score (nSPS) is 12.1. The molecule has 1 unspecified atom stereocenters. The van der Waals surface area contributed by atoms with Crippen LogP contribution < -0.4 is 5.32 Å². The maximum atomic E-state index is 11.0. The van der Waals surface area contributed by atoms with E-state index in [0.717, 1.165) is 3.57 Å². The van der Waals surface area contributed by atoms with E-state index in [0.29, 0.717) is 12.2 Å². The molecule has 19 heavy (non-hydrogen) atoms. The lowest BCUT2D eigenvalue weighted by Gasteiger charge is -2.15. The maximum absolute atomic E-state index is 11.0. The first-order valence-electron chi connectivity index (χ1n) is 5.72. The number of halogens is 1. The third kappa shape index (κ3) is 3.66. The van der Waals surface area contributed by atoms with E-state index in [1.807, 2.05) is 23.8 Å². The zero-order chi connectivity index (χ0) is 13.8. The molecule has 1 aromatic carbocycles. The van der Waals surface area contributed by atoms with Crippen molar-refractivity contribution in [2.45, 2.75) is 19.5 Å². The van der Waals surface area contributed by atoms with Crippen LogP contribution in [0.1, 0.15) is 6.92 Å². The summed E-state index contributed by atoms with van der Waals surface area (Å²) in [4.78, 5) is 14.6. The van der Waals surface area contributed by atoms with Crippen LogP contribution in [-0.4, -0.2) is 20.5 Å². The quantitative estimate of drug-likeness (QED) is 0.498. The molecule has 2 rings (SSSR count). The third-order valence-electron chi connectivity index (χ3n) is 2.60. The highest BCUT2D eigenvalue weighted by molar-refractivity contribution is 14.1. The average Bonchev–Trinajstić information content (AvgIpc) is 2.83. The second-order valence-electron chi connectivity index (χ2n) is 4.22. The average molecular weight is 372 g/mol. The Bertz CT molecular complexity index is 571. The van der Waals surface area contributed by atoms with Crippen LogP contribution in [0.3, 0.4) is 0 Å². The highest BCUT2D eigenvalue weighted by Crippen LogP contribution is 2.26. The molecular weight excluding hydrogens is 359 g/mol. The first-order chi connectivity index (χ1) is 9.06. The van der Waals surface area contributed by atoms with E-state index in [4.69, 9.17) is 0 Å². The number of benzene rings is 1. The molecule has 1 atom stereocenters. The number of nitro benzene ring substituents is 1. The lowest BCUT2D eigenvalue weighted by Crippen LogP contribution is -2.21. The van der Waals surface area contributed by atoms with E-state index in [-0.39, 0.29) is 16.7 Å². The predicted molar refractivity (Wildman–Crippen MR) is 81.1 cm³/mol. The molecule has 0 saturated carbocycles. The minimum atomic E-state index is -0.367. The summed E-state index contributed by atoms with van der Waals surface area (Å²) in [6.07, 6.45) is 5.29. The summed E-state index contributed by atoms with van der Waals surface area (Å²) in [6.45, 7) is 2.67. The first-order valence-corrected chi connectivity index (χ1v) is 6.80. The van der Waals surface area contributed by atoms with Crippen molar-refractivity contribution < 1.29 is 4.92 Å². The molecule has 2 aromatic rings. The molecule has 1 N–H and O–H groups in total. The fraction of sp³-hybridized carbons (Fsp3) is 0.250. The fourth-order valence-electron chi connectivity index (χ4n) is 1.80. The molecule has 0 fully saturated rings. The van der Waals surface area contributed by atoms with Gasteiger partial charge in [-0.05, 0) is 41.6 Å². The minimum Gasteiger partial charge on any atom is -0.375 e. The molecule has 1 heterocycles. The van der Waals surface area contributed by atoms with Gasteiger partial charge >= 0.3 is 0 Å². The summed E-state index contributed by atoms with van der Waals surface area (Å²) >= 11 is 2.06. The molecule has 0 amide bonds. The summed E-state index contributed by atoms with van der Waals surface area (Å²) in [7, 11) is 0. The van der Waals surface area contributed by atoms with Crippen LogP contribution in [0.2, 0.25) is 0 Å². The van der Waals surface area contributed by atoms with E-state index in [1.54, 1.807) is 24.7 Å². The molecule has 7 heteroatoms. The van der Waals surface area contributed by atoms with Gasteiger partial charge in [-0.3, -0.25) is 10.1 Å². The maximum Gasteiger partial charge on any atom is 0.293 e. The number of anilines is 1. The molecule has 0 aliphatic heterocycles. The Morgan fingerprint density at radius 2 is 2.37 bits per heavy atom. The van der Waals surface area contributed by atoms with Crippen molar-refractivity contribution in [1.82, 2.24) is 9.55 Å². The largest absolute Gasteiger partial charge is 0.375 e. The Labute approximate surface area is 124 Å². The number of aromatic nitrogens is 2. The van der Waals surface area contributed by atoms with Crippen molar-refractivity contribution >= 4 is 34.0 Å². The lowest BCUT2D eigenvalue weighted by atomic mass is 10.2. The number of rotatable bonds is 5. The summed E-state index contributed by atoms with van der Waals surface area (Å²) in [5.41, 5.74) is 0.641. The Kier molecular flexibility index (Phi) is 4.35. The summed E-state index contributed by atoms with van der Waals surface area (Å²) in [5, 5.41) is 14.2. The van der Waals surface area contributed by atoms with Crippen molar-refractivity contribution in [1.29, 1.82) is 0 Å². The van der Waals surface area contributed by atoms with Crippen molar-refractivity contribution in [2.24, 2.45) is 0 Å². The van der Waals surface area contributed by atoms with E-state index < -0.39 is 0 Å². The van der Waals surface area contributed by atoms with E-state index in [2.05, 4.69) is 32.9 Å². The van der Waals surface area contributed by atoms with Crippen LogP contribution >= 0.6 is 22.6 Å². The van der Waals surface area contributed by atoms with Crippen LogP contribution in [0.15, 0.2) is 36.9 Å². The molecule has 0 aliphatic carbocycles. The van der Waals surface area contributed by atoms with Crippen LogP contribution in [0, 0.1) is 13.7 Å². The predicted octanol–water partition coefficient (Wildman–Crippen LogP) is 2.90. The smallest absolute Gasteiger partial charge is 0.293 e. The van der Waals surface area contributed by atoms with Gasteiger partial charge in [-0.15, -0.1) is 0 Å². The van der Waals surface area contributed by atoms with Crippen molar-refractivity contribution in [3.8, 4) is 0 Å². The second-order valence-corrected chi connectivity index (χ2v) is 5.47. The van der Waals surface area contributed by atoms with Crippen LogP contribution in [0.4, 0.5) is 11.4 Å². The van der Waals surface area contributed by atoms with Gasteiger partial charge in [0.05, 0.1) is 11.3 Å². The zero-order valence-corrected chi connectivity index (χ0v) is 12.4. The zero-order valence-electron chi connectivity index (χ0n) is 10.3. The van der Waals surface area contributed by atoms with Crippen LogP contribution in [-0.2, 0) is 6.54 Å². The Morgan fingerprint density at radius 1 is 1.58 bits per heavy atom. The van der Waals surface area contributed by atoms with Gasteiger partial charge in [0.25, 0.3) is 5.69 Å². The third-order valence-corrected chi connectivity index (χ3v) is 3.27. The topological polar surface area (TPSA) is 73.0 Å². The molecule has 0 aliphatic rings. The lowest BCUT2D eigenvalue weighted by molar-refractivity contribution is -0.384. The standard InChI is InChI=1S/C12H13IN4O2/c1-9(7-16-5-4-14-8-16)15-11-3-2-10(13)6-12(11)17(18)19/h2-6,8-9,15H,7H2,1H3. The number of nitrogens with zero attached hydrogens (tertiary/aromatic N) is 3. The van der Waals surface area contributed by atoms with Crippen molar-refractivity contribution in [3.63, 3.8) is 0 Å². The highest BCUT2D eigenvalue weighted by atomic mass is 127. The summed E-state index contributed by atoms with van der Waals surface area (Å²) in [5.74, 6) is 0. The Hall–Kier alpha value is -1.64. The number of imidazole rings is 1. The molecule has 6 nitrogen and oxygen atoms in total. The molecule has 0 bridgehead atoms. The van der Waals surface area contributed by atoms with Gasteiger partial charge in [0.2, 0.25) is 0 Å². The van der Waals surface area contributed by atoms with Gasteiger partial charge in [-0.1, -0.05) is 0 Å². The van der Waals surface area contributed by atoms with Gasteiger partial charge in [0.15, 0.2) is 0 Å². The second kappa shape index (κ2) is 6.00. The van der Waals surface area contributed by atoms with Gasteiger partial charge in [0, 0.05) is 34.6 Å². The van der Waals surface area contributed by atoms with E-state index in [1.165, 1.54) is 0 Å². The SMILES string of the molecule is CC(Cn1ccnc1)Nc1ccc(I)cc1[N+](=O)[O-]. The van der Waals surface area contributed by atoms with Gasteiger partial charge in [0.1, 0.15) is 5.69 Å². The number of hydrogen-bond donors (Lipinski definition) is 1. The number of hydrogen-bond acceptors (Lipinski definition) is 4. The number of nitro groups is 1. The molecule has 0 radical (unpaired) electrons. The van der Waals surface area contributed by atoms with Crippen molar-refractivity contribution in [2.75, 3.05) is 5.32 Å². The molecule has 0 saturated heterocycles. The van der Waals surface area contributed by atoms with Crippen molar-refractivity contribution in [3.05, 3.63) is 50.6 Å². The Balaban J connectivity index is 2.12. The van der Waals surface area contributed by atoms with Gasteiger partial charge in [-0.2, -0.15) is 0 Å². The van der Waals surface area contributed by atoms with E-state index >= 15 is 0 Å². The monoisotopic (exact) mass is 372 g/mol.